The molecule has 0 amide bonds. The van der Waals surface area contributed by atoms with Gasteiger partial charge in [-0.15, -0.1) is 0 Å². The number of nitrogens with zero attached hydrogens (tertiary/aromatic N) is 1. The van der Waals surface area contributed by atoms with Crippen molar-refractivity contribution in [3.63, 3.8) is 0 Å². The smallest absolute Gasteiger partial charge is 0.125 e. The molecule has 1 aromatic rings. The van der Waals surface area contributed by atoms with Gasteiger partial charge in [-0.1, -0.05) is 12.1 Å². The Morgan fingerprint density at radius 1 is 1.14 bits per heavy atom. The number of aryl methyl sites for hydroxylation is 2. The Morgan fingerprint density at radius 2 is 1.77 bits per heavy atom. The third kappa shape index (κ3) is 4.70. The number of rotatable bonds is 8. The summed E-state index contributed by atoms with van der Waals surface area (Å²) in [5, 5.41) is 20.1. The number of benzene rings is 1. The lowest BCUT2D eigenvalue weighted by atomic mass is 10.1. The zero-order valence-electron chi connectivity index (χ0n) is 14.2. The highest BCUT2D eigenvalue weighted by atomic mass is 16.5. The molecule has 4 nitrogen and oxygen atoms in total. The van der Waals surface area contributed by atoms with E-state index < -0.39 is 6.10 Å². The van der Waals surface area contributed by atoms with E-state index in [4.69, 9.17) is 4.74 Å². The van der Waals surface area contributed by atoms with Gasteiger partial charge in [0.15, 0.2) is 0 Å². The summed E-state index contributed by atoms with van der Waals surface area (Å²) in [7, 11) is 1.93. The molecule has 124 valence electrons. The van der Waals surface area contributed by atoms with Gasteiger partial charge < -0.3 is 19.8 Å². The van der Waals surface area contributed by atoms with Crippen LogP contribution in [0.4, 0.5) is 0 Å². The monoisotopic (exact) mass is 307 g/mol. The zero-order valence-corrected chi connectivity index (χ0v) is 14.2. The lowest BCUT2D eigenvalue weighted by Gasteiger charge is -2.24. The van der Waals surface area contributed by atoms with E-state index in [1.807, 2.05) is 31.9 Å². The summed E-state index contributed by atoms with van der Waals surface area (Å²) in [5.74, 6) is 1.34. The Morgan fingerprint density at radius 3 is 2.41 bits per heavy atom. The average Bonchev–Trinajstić information content (AvgIpc) is 3.27. The second-order valence-corrected chi connectivity index (χ2v) is 6.74. The molecule has 2 N–H and O–H groups in total. The maximum absolute atomic E-state index is 10.2. The molecule has 0 saturated heterocycles. The third-order valence-corrected chi connectivity index (χ3v) is 4.48. The van der Waals surface area contributed by atoms with E-state index in [-0.39, 0.29) is 12.7 Å². The number of hydrogen-bond donors (Lipinski definition) is 2. The lowest BCUT2D eigenvalue weighted by Crippen LogP contribution is -2.38. The fraction of sp³-hybridized carbons (Fsp3) is 0.667. The fourth-order valence-electron chi connectivity index (χ4n) is 2.76. The summed E-state index contributed by atoms with van der Waals surface area (Å²) < 4.78 is 5.84. The van der Waals surface area contributed by atoms with Crippen molar-refractivity contribution in [2.45, 2.75) is 45.8 Å². The number of likely N-dealkylation sites (N-methyl/N-ethyl adjacent to an activating group) is 1. The molecule has 0 aliphatic heterocycles. The van der Waals surface area contributed by atoms with Crippen LogP contribution < -0.4 is 4.74 Å². The maximum atomic E-state index is 10.2. The number of aliphatic hydroxyl groups excluding tert-OH is 2. The van der Waals surface area contributed by atoms with E-state index in [2.05, 4.69) is 13.0 Å². The van der Waals surface area contributed by atoms with Crippen LogP contribution in [0.25, 0.3) is 0 Å². The van der Waals surface area contributed by atoms with Gasteiger partial charge in [0, 0.05) is 13.1 Å². The van der Waals surface area contributed by atoms with Crippen LogP contribution in [0.2, 0.25) is 0 Å². The molecule has 0 aromatic heterocycles. The number of hydrogen-bond acceptors (Lipinski definition) is 4. The summed E-state index contributed by atoms with van der Waals surface area (Å²) in [5.41, 5.74) is 3.41. The Bertz CT molecular complexity index is 499. The quantitative estimate of drug-likeness (QED) is 0.772. The molecule has 22 heavy (non-hydrogen) atoms. The van der Waals surface area contributed by atoms with Crippen LogP contribution in [-0.2, 0) is 0 Å². The topological polar surface area (TPSA) is 52.9 Å². The summed E-state index contributed by atoms with van der Waals surface area (Å²) in [6.45, 7) is 7.52. The lowest BCUT2D eigenvalue weighted by molar-refractivity contribution is 0.0506. The van der Waals surface area contributed by atoms with Crippen molar-refractivity contribution < 1.29 is 14.9 Å². The summed E-state index contributed by atoms with van der Waals surface area (Å²) in [6, 6.07) is 4.13. The van der Waals surface area contributed by atoms with Crippen LogP contribution in [0, 0.1) is 26.7 Å². The van der Waals surface area contributed by atoms with E-state index in [0.717, 1.165) is 29.7 Å². The molecule has 0 bridgehead atoms. The second kappa shape index (κ2) is 7.44. The number of ether oxygens (including phenoxy) is 1. The second-order valence-electron chi connectivity index (χ2n) is 6.74. The van der Waals surface area contributed by atoms with Crippen molar-refractivity contribution in [3.05, 3.63) is 28.8 Å². The Hall–Kier alpha value is -1.10. The van der Waals surface area contributed by atoms with E-state index >= 15 is 0 Å². The molecule has 2 rings (SSSR count). The minimum Gasteiger partial charge on any atom is -0.490 e. The minimum atomic E-state index is -0.560. The predicted molar refractivity (Wildman–Crippen MR) is 88.4 cm³/mol. The van der Waals surface area contributed by atoms with Crippen LogP contribution in [0.15, 0.2) is 12.1 Å². The molecular weight excluding hydrogens is 278 g/mol. The zero-order chi connectivity index (χ0) is 16.3. The van der Waals surface area contributed by atoms with Gasteiger partial charge in [0.25, 0.3) is 0 Å². The molecule has 2 unspecified atom stereocenters. The molecule has 0 heterocycles. The summed E-state index contributed by atoms with van der Waals surface area (Å²) in [4.78, 5) is 1.98. The maximum Gasteiger partial charge on any atom is 0.125 e. The largest absolute Gasteiger partial charge is 0.490 e. The minimum absolute atomic E-state index is 0.264. The highest BCUT2D eigenvalue weighted by Crippen LogP contribution is 2.32. The van der Waals surface area contributed by atoms with Crippen LogP contribution in [0.1, 0.15) is 29.5 Å². The predicted octanol–water partition coefficient (Wildman–Crippen LogP) is 2.05. The van der Waals surface area contributed by atoms with Gasteiger partial charge in [0.1, 0.15) is 18.5 Å². The van der Waals surface area contributed by atoms with Gasteiger partial charge in [-0.25, -0.2) is 0 Å². The normalized spacial score (nSPS) is 17.6. The van der Waals surface area contributed by atoms with Crippen LogP contribution in [0.3, 0.4) is 0 Å². The van der Waals surface area contributed by atoms with Crippen molar-refractivity contribution >= 4 is 0 Å². The molecule has 0 radical (unpaired) electrons. The first-order valence-corrected chi connectivity index (χ1v) is 8.12. The molecule has 0 spiro atoms. The fourth-order valence-corrected chi connectivity index (χ4v) is 2.76. The van der Waals surface area contributed by atoms with Gasteiger partial charge >= 0.3 is 0 Å². The van der Waals surface area contributed by atoms with Crippen molar-refractivity contribution in [1.29, 1.82) is 0 Å². The highest BCUT2D eigenvalue weighted by molar-refractivity contribution is 5.44. The SMILES string of the molecule is Cc1ccc(C)c(OCC(O)CN(C)CC(O)C2CC2)c1C. The molecule has 1 aliphatic rings. The molecule has 1 aliphatic carbocycles. The van der Waals surface area contributed by atoms with E-state index in [1.165, 1.54) is 5.56 Å². The van der Waals surface area contributed by atoms with Crippen LogP contribution in [-0.4, -0.2) is 54.1 Å². The molecule has 4 heteroatoms. The average molecular weight is 307 g/mol. The van der Waals surface area contributed by atoms with Gasteiger partial charge in [-0.3, -0.25) is 0 Å². The van der Waals surface area contributed by atoms with Gasteiger partial charge in [0.2, 0.25) is 0 Å². The third-order valence-electron chi connectivity index (χ3n) is 4.48. The van der Waals surface area contributed by atoms with Crippen molar-refractivity contribution in [2.24, 2.45) is 5.92 Å². The molecule has 1 saturated carbocycles. The van der Waals surface area contributed by atoms with E-state index in [9.17, 15) is 10.2 Å². The highest BCUT2D eigenvalue weighted by Gasteiger charge is 2.30. The molecule has 1 aromatic carbocycles. The van der Waals surface area contributed by atoms with Crippen molar-refractivity contribution in [3.8, 4) is 5.75 Å². The Labute approximate surface area is 133 Å². The van der Waals surface area contributed by atoms with E-state index in [0.29, 0.717) is 19.0 Å². The molecular formula is C18H29NO3. The molecule has 2 atom stereocenters. The van der Waals surface area contributed by atoms with Gasteiger partial charge in [-0.05, 0) is 63.3 Å². The summed E-state index contributed by atoms with van der Waals surface area (Å²) >= 11 is 0. The Balaban J connectivity index is 1.79. The first-order valence-electron chi connectivity index (χ1n) is 8.12. The first kappa shape index (κ1) is 17.3. The Kier molecular flexibility index (Phi) is 5.84. The molecule has 1 fully saturated rings. The van der Waals surface area contributed by atoms with Gasteiger partial charge in [0.05, 0.1) is 6.10 Å². The van der Waals surface area contributed by atoms with Gasteiger partial charge in [-0.2, -0.15) is 0 Å². The standard InChI is InChI=1S/C18H29NO3/c1-12-5-6-13(2)18(14(12)3)22-11-16(20)9-19(4)10-17(21)15-7-8-15/h5-6,15-17,20-21H,7-11H2,1-4H3. The number of aliphatic hydroxyl groups is 2. The van der Waals surface area contributed by atoms with Crippen molar-refractivity contribution in [1.82, 2.24) is 4.90 Å². The summed E-state index contributed by atoms with van der Waals surface area (Å²) in [6.07, 6.45) is 1.44. The van der Waals surface area contributed by atoms with Crippen LogP contribution in [0.5, 0.6) is 5.75 Å². The van der Waals surface area contributed by atoms with Crippen molar-refractivity contribution in [2.75, 3.05) is 26.7 Å². The van der Waals surface area contributed by atoms with Crippen LogP contribution >= 0.6 is 0 Å². The van der Waals surface area contributed by atoms with E-state index in [1.54, 1.807) is 0 Å². The first-order chi connectivity index (χ1) is 10.4.